The van der Waals surface area contributed by atoms with Crippen molar-refractivity contribution < 1.29 is 19.4 Å². The second-order valence-electron chi connectivity index (χ2n) is 5.86. The van der Waals surface area contributed by atoms with Gasteiger partial charge in [-0.25, -0.2) is 0 Å². The summed E-state index contributed by atoms with van der Waals surface area (Å²) < 4.78 is 5.49. The first-order valence-electron chi connectivity index (χ1n) is 7.12. The monoisotopic (exact) mass is 291 g/mol. The number of carboxylic acid groups (broad SMARTS) is 1. The van der Waals surface area contributed by atoms with Crippen molar-refractivity contribution in [1.82, 2.24) is 5.32 Å². The van der Waals surface area contributed by atoms with Crippen LogP contribution in [-0.2, 0) is 9.59 Å². The van der Waals surface area contributed by atoms with Crippen molar-refractivity contribution in [2.45, 2.75) is 45.1 Å². The van der Waals surface area contributed by atoms with Crippen LogP contribution in [0.25, 0.3) is 0 Å². The maximum atomic E-state index is 11.9. The molecule has 0 bridgehead atoms. The number of rotatable bonds is 6. The molecule has 1 aromatic rings. The number of carboxylic acids is 1. The highest BCUT2D eigenvalue weighted by atomic mass is 16.5. The van der Waals surface area contributed by atoms with Gasteiger partial charge >= 0.3 is 5.97 Å². The lowest BCUT2D eigenvalue weighted by atomic mass is 9.74. The highest BCUT2D eigenvalue weighted by Crippen LogP contribution is 2.34. The summed E-state index contributed by atoms with van der Waals surface area (Å²) in [5.74, 6) is -0.496. The summed E-state index contributed by atoms with van der Waals surface area (Å²) in [4.78, 5) is 22.8. The average molecular weight is 291 g/mol. The minimum absolute atomic E-state index is 0.0255. The van der Waals surface area contributed by atoms with Crippen LogP contribution in [0.15, 0.2) is 18.2 Å². The van der Waals surface area contributed by atoms with Gasteiger partial charge in [0.05, 0.1) is 12.0 Å². The van der Waals surface area contributed by atoms with E-state index in [0.29, 0.717) is 18.6 Å². The number of hydrogen-bond acceptors (Lipinski definition) is 3. The molecule has 0 aromatic heterocycles. The molecular formula is C16H21NO4. The number of ether oxygens (including phenoxy) is 1. The molecule has 1 fully saturated rings. The zero-order chi connectivity index (χ0) is 15.5. The van der Waals surface area contributed by atoms with Gasteiger partial charge in [0, 0.05) is 0 Å². The minimum atomic E-state index is -0.884. The molecule has 114 valence electrons. The van der Waals surface area contributed by atoms with Gasteiger partial charge < -0.3 is 15.2 Å². The minimum Gasteiger partial charge on any atom is -0.484 e. The molecule has 0 saturated heterocycles. The highest BCUT2D eigenvalue weighted by Gasteiger charge is 2.40. The number of carbonyl (C=O) groups excluding carboxylic acids is 1. The molecular weight excluding hydrogens is 270 g/mol. The van der Waals surface area contributed by atoms with Crippen LogP contribution in [0.4, 0.5) is 0 Å². The smallest absolute Gasteiger partial charge is 0.305 e. The van der Waals surface area contributed by atoms with Crippen LogP contribution in [0.5, 0.6) is 5.75 Å². The molecule has 0 radical (unpaired) electrons. The third-order valence-corrected chi connectivity index (χ3v) is 3.77. The highest BCUT2D eigenvalue weighted by molar-refractivity contribution is 5.80. The number of hydrogen-bond donors (Lipinski definition) is 2. The predicted molar refractivity (Wildman–Crippen MR) is 78.4 cm³/mol. The fourth-order valence-corrected chi connectivity index (χ4v) is 2.74. The maximum absolute atomic E-state index is 11.9. The summed E-state index contributed by atoms with van der Waals surface area (Å²) in [6, 6.07) is 5.77. The summed E-state index contributed by atoms with van der Waals surface area (Å²) >= 11 is 0. The Morgan fingerprint density at radius 1 is 1.24 bits per heavy atom. The van der Waals surface area contributed by atoms with Crippen molar-refractivity contribution in [2.24, 2.45) is 0 Å². The van der Waals surface area contributed by atoms with E-state index in [1.807, 2.05) is 32.0 Å². The van der Waals surface area contributed by atoms with E-state index < -0.39 is 11.5 Å². The molecule has 1 aliphatic rings. The Kier molecular flexibility index (Phi) is 4.50. The molecule has 0 spiro atoms. The Morgan fingerprint density at radius 3 is 2.33 bits per heavy atom. The summed E-state index contributed by atoms with van der Waals surface area (Å²) in [5, 5.41) is 11.7. The number of carbonyl (C=O) groups is 2. The molecule has 21 heavy (non-hydrogen) atoms. The van der Waals surface area contributed by atoms with Gasteiger partial charge in [0.1, 0.15) is 5.75 Å². The summed E-state index contributed by atoms with van der Waals surface area (Å²) in [6.07, 6.45) is 2.36. The lowest BCUT2D eigenvalue weighted by Gasteiger charge is -2.41. The zero-order valence-corrected chi connectivity index (χ0v) is 12.4. The van der Waals surface area contributed by atoms with Crippen LogP contribution in [-0.4, -0.2) is 29.1 Å². The van der Waals surface area contributed by atoms with E-state index in [0.717, 1.165) is 17.5 Å². The van der Waals surface area contributed by atoms with Gasteiger partial charge in [-0.15, -0.1) is 0 Å². The first kappa shape index (κ1) is 15.4. The molecule has 1 amide bonds. The lowest BCUT2D eigenvalue weighted by Crippen LogP contribution is -2.55. The summed E-state index contributed by atoms with van der Waals surface area (Å²) in [6.45, 7) is 3.84. The third kappa shape index (κ3) is 4.21. The van der Waals surface area contributed by atoms with Gasteiger partial charge in [0.15, 0.2) is 6.61 Å². The fraction of sp³-hybridized carbons (Fsp3) is 0.500. The Morgan fingerprint density at radius 2 is 1.86 bits per heavy atom. The fourth-order valence-electron chi connectivity index (χ4n) is 2.74. The summed E-state index contributed by atoms with van der Waals surface area (Å²) in [5.41, 5.74) is 1.58. The van der Waals surface area contributed by atoms with Gasteiger partial charge in [-0.2, -0.15) is 0 Å². The Bertz CT molecular complexity index is 529. The number of aliphatic carboxylic acids is 1. The number of benzene rings is 1. The molecule has 0 atom stereocenters. The lowest BCUT2D eigenvalue weighted by molar-refractivity contribution is -0.140. The number of aryl methyl sites for hydroxylation is 2. The van der Waals surface area contributed by atoms with E-state index in [1.165, 1.54) is 0 Å². The van der Waals surface area contributed by atoms with Gasteiger partial charge in [-0.1, -0.05) is 6.07 Å². The Balaban J connectivity index is 1.88. The van der Waals surface area contributed by atoms with Crippen molar-refractivity contribution in [1.29, 1.82) is 0 Å². The zero-order valence-electron chi connectivity index (χ0n) is 12.4. The second kappa shape index (κ2) is 6.16. The normalized spacial score (nSPS) is 15.9. The van der Waals surface area contributed by atoms with Crippen molar-refractivity contribution in [2.75, 3.05) is 6.61 Å². The van der Waals surface area contributed by atoms with Crippen LogP contribution < -0.4 is 10.1 Å². The first-order valence-corrected chi connectivity index (χ1v) is 7.12. The van der Waals surface area contributed by atoms with E-state index in [2.05, 4.69) is 5.32 Å². The van der Waals surface area contributed by atoms with E-state index >= 15 is 0 Å². The van der Waals surface area contributed by atoms with Gasteiger partial charge in [-0.3, -0.25) is 9.59 Å². The van der Waals surface area contributed by atoms with E-state index in [9.17, 15) is 9.59 Å². The van der Waals surface area contributed by atoms with Crippen molar-refractivity contribution in [3.63, 3.8) is 0 Å². The van der Waals surface area contributed by atoms with Crippen molar-refractivity contribution in [3.8, 4) is 5.75 Å². The van der Waals surface area contributed by atoms with Crippen molar-refractivity contribution in [3.05, 3.63) is 29.3 Å². The van der Waals surface area contributed by atoms with Gasteiger partial charge in [0.25, 0.3) is 5.91 Å². The van der Waals surface area contributed by atoms with Gasteiger partial charge in [-0.05, 0) is 56.4 Å². The van der Waals surface area contributed by atoms with Crippen LogP contribution in [0.3, 0.4) is 0 Å². The molecule has 2 rings (SSSR count). The van der Waals surface area contributed by atoms with E-state index in [4.69, 9.17) is 9.84 Å². The molecule has 1 aromatic carbocycles. The molecule has 0 heterocycles. The quantitative estimate of drug-likeness (QED) is 0.842. The van der Waals surface area contributed by atoms with Crippen molar-refractivity contribution >= 4 is 11.9 Å². The SMILES string of the molecule is Cc1cc(C)cc(OCC(=O)NC2(CC(=O)O)CCC2)c1. The number of amides is 1. The average Bonchev–Trinajstić information content (AvgIpc) is 2.32. The largest absolute Gasteiger partial charge is 0.484 e. The molecule has 0 unspecified atom stereocenters. The van der Waals surface area contributed by atoms with Crippen LogP contribution >= 0.6 is 0 Å². The molecule has 5 nitrogen and oxygen atoms in total. The molecule has 1 saturated carbocycles. The summed E-state index contributed by atoms with van der Waals surface area (Å²) in [7, 11) is 0. The third-order valence-electron chi connectivity index (χ3n) is 3.77. The Hall–Kier alpha value is -2.04. The molecule has 0 aliphatic heterocycles. The maximum Gasteiger partial charge on any atom is 0.305 e. The van der Waals surface area contributed by atoms with Gasteiger partial charge in [0.2, 0.25) is 0 Å². The molecule has 5 heteroatoms. The standard InChI is InChI=1S/C16H21NO4/c1-11-6-12(2)8-13(7-11)21-10-14(18)17-16(4-3-5-16)9-15(19)20/h6-8H,3-5,9-10H2,1-2H3,(H,17,18)(H,19,20). The topological polar surface area (TPSA) is 75.6 Å². The predicted octanol–water partition coefficient (Wildman–Crippen LogP) is 2.20. The number of nitrogens with one attached hydrogen (secondary N) is 1. The Labute approximate surface area is 124 Å². The van der Waals surface area contributed by atoms with E-state index in [1.54, 1.807) is 0 Å². The second-order valence-corrected chi connectivity index (χ2v) is 5.86. The molecule has 1 aliphatic carbocycles. The van der Waals surface area contributed by atoms with Crippen LogP contribution in [0.2, 0.25) is 0 Å². The van der Waals surface area contributed by atoms with Crippen LogP contribution in [0, 0.1) is 13.8 Å². The first-order chi connectivity index (χ1) is 9.88. The van der Waals surface area contributed by atoms with Crippen LogP contribution in [0.1, 0.15) is 36.8 Å². The molecule has 2 N–H and O–H groups in total. The van der Waals surface area contributed by atoms with E-state index in [-0.39, 0.29) is 18.9 Å².